The number of carbonyl (C=O) groups excluding carboxylic acids is 2. The van der Waals surface area contributed by atoms with Crippen molar-refractivity contribution in [3.05, 3.63) is 23.3 Å². The van der Waals surface area contributed by atoms with Gasteiger partial charge in [-0.15, -0.1) is 6.42 Å². The molecule has 3 nitrogen and oxygen atoms in total. The minimum absolute atomic E-state index is 0.0262. The Morgan fingerprint density at radius 2 is 2.07 bits per heavy atom. The van der Waals surface area contributed by atoms with Crippen LogP contribution in [0.25, 0.3) is 0 Å². The SMILES string of the molecule is C#C[C@]1(OC(=O)CCC)CC[C@H]2[C@@H]3CCC4=CC(=O)CC[C@]4(C)C3=CC[C@@]21C. The molecule has 150 valence electrons. The first-order chi connectivity index (χ1) is 13.3. The van der Waals surface area contributed by atoms with Crippen molar-refractivity contribution in [2.24, 2.45) is 22.7 Å². The van der Waals surface area contributed by atoms with Crippen LogP contribution in [-0.4, -0.2) is 17.4 Å². The van der Waals surface area contributed by atoms with Crippen molar-refractivity contribution in [1.29, 1.82) is 0 Å². The van der Waals surface area contributed by atoms with E-state index < -0.39 is 5.60 Å². The smallest absolute Gasteiger partial charge is 0.307 e. The number of ether oxygens (including phenoxy) is 1. The summed E-state index contributed by atoms with van der Waals surface area (Å²) in [7, 11) is 0. The van der Waals surface area contributed by atoms with Crippen molar-refractivity contribution in [2.45, 2.75) is 84.2 Å². The Labute approximate surface area is 169 Å². The van der Waals surface area contributed by atoms with Gasteiger partial charge in [0, 0.05) is 23.7 Å². The van der Waals surface area contributed by atoms with Crippen LogP contribution >= 0.6 is 0 Å². The molecule has 0 heterocycles. The van der Waals surface area contributed by atoms with Crippen LogP contribution in [0.3, 0.4) is 0 Å². The van der Waals surface area contributed by atoms with E-state index in [2.05, 4.69) is 25.8 Å². The largest absolute Gasteiger partial charge is 0.445 e. The summed E-state index contributed by atoms with van der Waals surface area (Å²) in [6.07, 6.45) is 17.8. The average molecular weight is 381 g/mol. The summed E-state index contributed by atoms with van der Waals surface area (Å²) in [5.74, 6) is 3.98. The second-order valence-corrected chi connectivity index (χ2v) is 9.73. The Kier molecular flexibility index (Phi) is 4.60. The molecule has 0 amide bonds. The fraction of sp³-hybridized carbons (Fsp3) is 0.680. The van der Waals surface area contributed by atoms with Crippen LogP contribution in [0.5, 0.6) is 0 Å². The zero-order chi connectivity index (χ0) is 20.2. The highest BCUT2D eigenvalue weighted by molar-refractivity contribution is 5.92. The molecular weight excluding hydrogens is 348 g/mol. The molecule has 28 heavy (non-hydrogen) atoms. The third-order valence-corrected chi connectivity index (χ3v) is 8.43. The van der Waals surface area contributed by atoms with Gasteiger partial charge in [0.1, 0.15) is 0 Å². The zero-order valence-corrected chi connectivity index (χ0v) is 17.5. The van der Waals surface area contributed by atoms with Crippen molar-refractivity contribution in [3.63, 3.8) is 0 Å². The second-order valence-electron chi connectivity index (χ2n) is 9.73. The Morgan fingerprint density at radius 3 is 2.79 bits per heavy atom. The maximum atomic E-state index is 12.4. The van der Waals surface area contributed by atoms with Crippen LogP contribution in [0.1, 0.15) is 78.6 Å². The van der Waals surface area contributed by atoms with Crippen LogP contribution in [-0.2, 0) is 14.3 Å². The molecule has 0 aromatic rings. The fourth-order valence-electron chi connectivity index (χ4n) is 6.74. The molecule has 0 unspecified atom stereocenters. The van der Waals surface area contributed by atoms with Crippen molar-refractivity contribution in [3.8, 4) is 12.3 Å². The minimum atomic E-state index is -0.786. The number of fused-ring (bicyclic) bond motifs is 5. The molecule has 0 aliphatic heterocycles. The van der Waals surface area contributed by atoms with Gasteiger partial charge in [-0.25, -0.2) is 0 Å². The normalized spacial score (nSPS) is 41.7. The molecule has 0 bridgehead atoms. The molecule has 0 radical (unpaired) electrons. The molecule has 0 aromatic heterocycles. The Bertz CT molecular complexity index is 812. The predicted octanol–water partition coefficient (Wildman–Crippen LogP) is 5.15. The topological polar surface area (TPSA) is 43.4 Å². The lowest BCUT2D eigenvalue weighted by Gasteiger charge is -2.54. The van der Waals surface area contributed by atoms with Crippen LogP contribution in [0, 0.1) is 35.0 Å². The molecule has 0 N–H and O–H groups in total. The summed E-state index contributed by atoms with van der Waals surface area (Å²) < 4.78 is 6.03. The summed E-state index contributed by atoms with van der Waals surface area (Å²) in [4.78, 5) is 24.3. The number of hydrogen-bond donors (Lipinski definition) is 0. The monoisotopic (exact) mass is 380 g/mol. The summed E-state index contributed by atoms with van der Waals surface area (Å²) >= 11 is 0. The third kappa shape index (κ3) is 2.56. The summed E-state index contributed by atoms with van der Waals surface area (Å²) in [5.41, 5.74) is 1.88. The summed E-state index contributed by atoms with van der Waals surface area (Å²) in [6.45, 7) is 6.56. The predicted molar refractivity (Wildman–Crippen MR) is 109 cm³/mol. The highest BCUT2D eigenvalue weighted by atomic mass is 16.6. The highest BCUT2D eigenvalue weighted by Gasteiger charge is 2.63. The first-order valence-electron chi connectivity index (χ1n) is 10.9. The number of esters is 1. The van der Waals surface area contributed by atoms with E-state index in [1.54, 1.807) is 0 Å². The number of terminal acetylenes is 1. The van der Waals surface area contributed by atoms with E-state index in [4.69, 9.17) is 11.2 Å². The van der Waals surface area contributed by atoms with Gasteiger partial charge in [-0.2, -0.15) is 0 Å². The highest BCUT2D eigenvalue weighted by Crippen LogP contribution is 2.66. The van der Waals surface area contributed by atoms with Gasteiger partial charge < -0.3 is 4.74 Å². The van der Waals surface area contributed by atoms with Gasteiger partial charge in [0.25, 0.3) is 0 Å². The van der Waals surface area contributed by atoms with Crippen LogP contribution < -0.4 is 0 Å². The molecule has 0 aromatic carbocycles. The zero-order valence-electron chi connectivity index (χ0n) is 17.5. The molecule has 4 rings (SSSR count). The van der Waals surface area contributed by atoms with E-state index in [1.165, 1.54) is 11.1 Å². The second kappa shape index (κ2) is 6.61. The lowest BCUT2D eigenvalue weighted by atomic mass is 9.51. The lowest BCUT2D eigenvalue weighted by Crippen LogP contribution is -2.52. The first-order valence-corrected chi connectivity index (χ1v) is 10.9. The standard InChI is InChI=1S/C25H32O3/c1-5-7-22(27)28-25(6-2)15-12-21-19-9-8-17-16-18(26)10-13-23(17,3)20(19)11-14-24(21,25)4/h2,11,16,19,21H,5,7-10,12-15H2,1,3-4H3/t19-,21+,23+,24+,25+/m1/s1. The van der Waals surface area contributed by atoms with Gasteiger partial charge in [-0.3, -0.25) is 9.59 Å². The summed E-state index contributed by atoms with van der Waals surface area (Å²) in [6, 6.07) is 0. The molecule has 2 saturated carbocycles. The van der Waals surface area contributed by atoms with Gasteiger partial charge in [-0.05, 0) is 62.9 Å². The number of rotatable bonds is 3. The van der Waals surface area contributed by atoms with Gasteiger partial charge in [0.2, 0.25) is 0 Å². The van der Waals surface area contributed by atoms with Crippen molar-refractivity contribution in [2.75, 3.05) is 0 Å². The fourth-order valence-corrected chi connectivity index (χ4v) is 6.74. The molecule has 0 spiro atoms. The van der Waals surface area contributed by atoms with Gasteiger partial charge in [0.05, 0.1) is 0 Å². The Morgan fingerprint density at radius 1 is 1.29 bits per heavy atom. The van der Waals surface area contributed by atoms with Crippen molar-refractivity contribution < 1.29 is 14.3 Å². The first kappa shape index (κ1) is 19.5. The molecule has 2 fully saturated rings. The van der Waals surface area contributed by atoms with Crippen molar-refractivity contribution >= 4 is 11.8 Å². The van der Waals surface area contributed by atoms with E-state index in [9.17, 15) is 9.59 Å². The Hall–Kier alpha value is -1.82. The van der Waals surface area contributed by atoms with Gasteiger partial charge in [0.15, 0.2) is 11.4 Å². The van der Waals surface area contributed by atoms with E-state index in [1.807, 2.05) is 13.0 Å². The number of carbonyl (C=O) groups is 2. The summed E-state index contributed by atoms with van der Waals surface area (Å²) in [5, 5.41) is 0. The van der Waals surface area contributed by atoms with Gasteiger partial charge in [-0.1, -0.05) is 43.9 Å². The quantitative estimate of drug-likeness (QED) is 0.386. The molecule has 5 atom stereocenters. The molecule has 4 aliphatic rings. The molecular formula is C25H32O3. The van der Waals surface area contributed by atoms with E-state index in [0.29, 0.717) is 24.7 Å². The molecule has 0 saturated heterocycles. The average Bonchev–Trinajstić information content (AvgIpc) is 2.95. The maximum Gasteiger partial charge on any atom is 0.307 e. The molecule has 3 heteroatoms. The number of hydrogen-bond acceptors (Lipinski definition) is 3. The third-order valence-electron chi connectivity index (χ3n) is 8.43. The maximum absolute atomic E-state index is 12.4. The number of allylic oxidation sites excluding steroid dienone is 4. The minimum Gasteiger partial charge on any atom is -0.445 e. The van der Waals surface area contributed by atoms with Crippen LogP contribution in [0.2, 0.25) is 0 Å². The van der Waals surface area contributed by atoms with Crippen LogP contribution in [0.4, 0.5) is 0 Å². The van der Waals surface area contributed by atoms with E-state index >= 15 is 0 Å². The van der Waals surface area contributed by atoms with Gasteiger partial charge >= 0.3 is 5.97 Å². The Balaban J connectivity index is 1.70. The molecule has 4 aliphatic carbocycles. The van der Waals surface area contributed by atoms with E-state index in [0.717, 1.165) is 44.9 Å². The van der Waals surface area contributed by atoms with Crippen molar-refractivity contribution in [1.82, 2.24) is 0 Å². The lowest BCUT2D eigenvalue weighted by molar-refractivity contribution is -0.165. The van der Waals surface area contributed by atoms with E-state index in [-0.39, 0.29) is 22.6 Å². The number of ketones is 1. The van der Waals surface area contributed by atoms with Crippen LogP contribution in [0.15, 0.2) is 23.3 Å².